The molecule has 1 heterocycles. The summed E-state index contributed by atoms with van der Waals surface area (Å²) in [5.74, 6) is -0.377. The van der Waals surface area contributed by atoms with Crippen LogP contribution < -0.4 is 0 Å². The molecular weight excluding hydrogens is 196 g/mol. The number of ether oxygens (including phenoxy) is 2. The van der Waals surface area contributed by atoms with Crippen molar-refractivity contribution in [1.29, 1.82) is 0 Å². The van der Waals surface area contributed by atoms with Crippen molar-refractivity contribution in [2.24, 2.45) is 0 Å². The van der Waals surface area contributed by atoms with E-state index in [1.54, 1.807) is 19.1 Å². The summed E-state index contributed by atoms with van der Waals surface area (Å²) in [5.41, 5.74) is -1.27. The first kappa shape index (κ1) is 11.9. The molecule has 1 aliphatic rings. The second kappa shape index (κ2) is 5.09. The molecule has 0 fully saturated rings. The Morgan fingerprint density at radius 2 is 2.60 bits per heavy atom. The third kappa shape index (κ3) is 2.91. The molecule has 0 aliphatic carbocycles. The zero-order valence-electron chi connectivity index (χ0n) is 8.81. The van der Waals surface area contributed by atoms with E-state index in [4.69, 9.17) is 9.47 Å². The van der Waals surface area contributed by atoms with Crippen LogP contribution in [0.2, 0.25) is 0 Å². The lowest BCUT2D eigenvalue weighted by molar-refractivity contribution is -0.150. The second-order valence-electron chi connectivity index (χ2n) is 3.32. The first-order valence-electron chi connectivity index (χ1n) is 4.93. The number of aliphatic hydroxyl groups is 1. The molecule has 0 aromatic carbocycles. The normalized spacial score (nSPS) is 29.9. The number of hydrogen-bond acceptors (Lipinski definition) is 4. The van der Waals surface area contributed by atoms with Crippen LogP contribution in [0.5, 0.6) is 0 Å². The van der Waals surface area contributed by atoms with Gasteiger partial charge < -0.3 is 14.6 Å². The largest absolute Gasteiger partial charge is 0.466 e. The minimum absolute atomic E-state index is 0.0285. The van der Waals surface area contributed by atoms with Crippen molar-refractivity contribution in [3.8, 4) is 0 Å². The molecule has 4 heteroatoms. The van der Waals surface area contributed by atoms with Gasteiger partial charge in [0.15, 0.2) is 0 Å². The van der Waals surface area contributed by atoms with E-state index in [2.05, 4.69) is 6.58 Å². The van der Waals surface area contributed by atoms with E-state index in [0.29, 0.717) is 13.2 Å². The van der Waals surface area contributed by atoms with E-state index < -0.39 is 11.7 Å². The SMILES string of the molecule is C=C[C@]1(O)C=CCO[C@H]1CC(=O)OCC. The molecule has 1 aliphatic heterocycles. The summed E-state index contributed by atoms with van der Waals surface area (Å²) in [6.07, 6.45) is 4.07. The highest BCUT2D eigenvalue weighted by Gasteiger charge is 2.36. The van der Waals surface area contributed by atoms with Crippen LogP contribution in [0.25, 0.3) is 0 Å². The summed E-state index contributed by atoms with van der Waals surface area (Å²) >= 11 is 0. The zero-order chi connectivity index (χ0) is 11.3. The van der Waals surface area contributed by atoms with Crippen molar-refractivity contribution >= 4 is 5.97 Å². The molecule has 4 nitrogen and oxygen atoms in total. The third-order valence-corrected chi connectivity index (χ3v) is 2.28. The summed E-state index contributed by atoms with van der Waals surface area (Å²) in [5, 5.41) is 10.0. The van der Waals surface area contributed by atoms with Gasteiger partial charge >= 0.3 is 5.97 Å². The van der Waals surface area contributed by atoms with Crippen LogP contribution in [-0.4, -0.2) is 36.0 Å². The van der Waals surface area contributed by atoms with E-state index in [1.165, 1.54) is 6.08 Å². The molecule has 1 N–H and O–H groups in total. The molecule has 15 heavy (non-hydrogen) atoms. The Hall–Kier alpha value is -1.13. The molecular formula is C11H16O4. The molecule has 0 aromatic rings. The Balaban J connectivity index is 2.64. The van der Waals surface area contributed by atoms with Gasteiger partial charge in [0.05, 0.1) is 19.6 Å². The Labute approximate surface area is 89.2 Å². The minimum Gasteiger partial charge on any atom is -0.466 e. The highest BCUT2D eigenvalue weighted by molar-refractivity contribution is 5.70. The number of carbonyl (C=O) groups is 1. The van der Waals surface area contributed by atoms with Crippen molar-refractivity contribution < 1.29 is 19.4 Å². The molecule has 0 radical (unpaired) electrons. The van der Waals surface area contributed by atoms with Gasteiger partial charge in [0.2, 0.25) is 0 Å². The molecule has 0 spiro atoms. The van der Waals surface area contributed by atoms with Crippen LogP contribution in [0.15, 0.2) is 24.8 Å². The van der Waals surface area contributed by atoms with E-state index >= 15 is 0 Å². The van der Waals surface area contributed by atoms with Gasteiger partial charge in [0.25, 0.3) is 0 Å². The maximum atomic E-state index is 11.2. The van der Waals surface area contributed by atoms with Crippen molar-refractivity contribution in [2.75, 3.05) is 13.2 Å². The molecule has 0 saturated heterocycles. The van der Waals surface area contributed by atoms with Crippen LogP contribution in [-0.2, 0) is 14.3 Å². The van der Waals surface area contributed by atoms with Gasteiger partial charge in [-0.05, 0) is 13.0 Å². The summed E-state index contributed by atoms with van der Waals surface area (Å²) in [4.78, 5) is 11.2. The number of esters is 1. The molecule has 2 atom stereocenters. The smallest absolute Gasteiger partial charge is 0.308 e. The fraction of sp³-hybridized carbons (Fsp3) is 0.545. The maximum absolute atomic E-state index is 11.2. The first-order valence-corrected chi connectivity index (χ1v) is 4.93. The zero-order valence-corrected chi connectivity index (χ0v) is 8.81. The van der Waals surface area contributed by atoms with Gasteiger partial charge in [0, 0.05) is 0 Å². The Morgan fingerprint density at radius 1 is 1.87 bits per heavy atom. The lowest BCUT2D eigenvalue weighted by Gasteiger charge is -2.32. The summed E-state index contributed by atoms with van der Waals surface area (Å²) in [6.45, 7) is 5.98. The maximum Gasteiger partial charge on any atom is 0.308 e. The average Bonchev–Trinajstić information content (AvgIpc) is 2.22. The summed E-state index contributed by atoms with van der Waals surface area (Å²) < 4.78 is 10.1. The molecule has 0 unspecified atom stereocenters. The van der Waals surface area contributed by atoms with Crippen LogP contribution >= 0.6 is 0 Å². The Morgan fingerprint density at radius 3 is 3.20 bits per heavy atom. The van der Waals surface area contributed by atoms with Gasteiger partial charge in [-0.15, -0.1) is 0 Å². The molecule has 0 bridgehead atoms. The molecule has 1 rings (SSSR count). The Bertz CT molecular complexity index is 272. The summed E-state index contributed by atoms with van der Waals surface area (Å²) in [7, 11) is 0. The van der Waals surface area contributed by atoms with E-state index in [1.807, 2.05) is 0 Å². The minimum atomic E-state index is -1.27. The Kier molecular flexibility index (Phi) is 4.05. The van der Waals surface area contributed by atoms with Gasteiger partial charge in [-0.25, -0.2) is 0 Å². The lowest BCUT2D eigenvalue weighted by atomic mass is 9.92. The fourth-order valence-corrected chi connectivity index (χ4v) is 1.44. The average molecular weight is 212 g/mol. The highest BCUT2D eigenvalue weighted by Crippen LogP contribution is 2.24. The van der Waals surface area contributed by atoms with Crippen LogP contribution in [0.3, 0.4) is 0 Å². The number of carbonyl (C=O) groups excluding carboxylic acids is 1. The van der Waals surface area contributed by atoms with Crippen molar-refractivity contribution in [3.05, 3.63) is 24.8 Å². The molecule has 0 saturated carbocycles. The topological polar surface area (TPSA) is 55.8 Å². The van der Waals surface area contributed by atoms with E-state index in [-0.39, 0.29) is 12.4 Å². The first-order chi connectivity index (χ1) is 7.12. The molecule has 0 amide bonds. The highest BCUT2D eigenvalue weighted by atomic mass is 16.5. The fourth-order valence-electron chi connectivity index (χ4n) is 1.44. The molecule has 84 valence electrons. The van der Waals surface area contributed by atoms with Gasteiger partial charge in [-0.1, -0.05) is 18.7 Å². The van der Waals surface area contributed by atoms with E-state index in [0.717, 1.165) is 0 Å². The van der Waals surface area contributed by atoms with Gasteiger partial charge in [-0.2, -0.15) is 0 Å². The van der Waals surface area contributed by atoms with Crippen molar-refractivity contribution in [1.82, 2.24) is 0 Å². The summed E-state index contributed by atoms with van der Waals surface area (Å²) in [6, 6.07) is 0. The monoisotopic (exact) mass is 212 g/mol. The standard InChI is InChI=1S/C11H16O4/c1-3-11(13)6-5-7-15-9(11)8-10(12)14-4-2/h3,5-6,9,13H,1,4,7-8H2,2H3/t9-,11-/m0/s1. The second-order valence-corrected chi connectivity index (χ2v) is 3.32. The van der Waals surface area contributed by atoms with Crippen LogP contribution in [0.4, 0.5) is 0 Å². The van der Waals surface area contributed by atoms with Crippen molar-refractivity contribution in [2.45, 2.75) is 25.0 Å². The van der Waals surface area contributed by atoms with E-state index in [9.17, 15) is 9.90 Å². The lowest BCUT2D eigenvalue weighted by Crippen LogP contribution is -2.44. The van der Waals surface area contributed by atoms with Crippen LogP contribution in [0.1, 0.15) is 13.3 Å². The van der Waals surface area contributed by atoms with Gasteiger partial charge in [0.1, 0.15) is 11.7 Å². The van der Waals surface area contributed by atoms with Crippen molar-refractivity contribution in [3.63, 3.8) is 0 Å². The third-order valence-electron chi connectivity index (χ3n) is 2.28. The van der Waals surface area contributed by atoms with Gasteiger partial charge in [-0.3, -0.25) is 4.79 Å². The number of rotatable bonds is 4. The quantitative estimate of drug-likeness (QED) is 0.553. The predicted octanol–water partition coefficient (Wildman–Crippen LogP) is 0.812. The number of hydrogen-bond donors (Lipinski definition) is 1. The predicted molar refractivity (Wildman–Crippen MR) is 55.3 cm³/mol. The van der Waals surface area contributed by atoms with Crippen LogP contribution in [0, 0.1) is 0 Å². The molecule has 0 aromatic heterocycles.